The molecule has 1 aliphatic rings. The maximum atomic E-state index is 13.1. The van der Waals surface area contributed by atoms with Crippen LogP contribution in [0.5, 0.6) is 0 Å². The number of likely N-dealkylation sites (tertiary alicyclic amines) is 1. The molecule has 160 valence electrons. The van der Waals surface area contributed by atoms with Crippen molar-refractivity contribution >= 4 is 15.9 Å². The SMILES string of the molecule is Cc1cc(-c2ccccc2)cc(C2CCCN(C(=O)c3cccc(S(N)(=O)=O)c3)C2)n1. The molecule has 0 bridgehead atoms. The van der Waals surface area contributed by atoms with E-state index in [4.69, 9.17) is 10.1 Å². The summed E-state index contributed by atoms with van der Waals surface area (Å²) in [6.07, 6.45) is 1.81. The van der Waals surface area contributed by atoms with Gasteiger partial charge in [0.15, 0.2) is 0 Å². The Balaban J connectivity index is 1.58. The van der Waals surface area contributed by atoms with Crippen molar-refractivity contribution in [2.24, 2.45) is 5.14 Å². The van der Waals surface area contributed by atoms with Gasteiger partial charge in [0.25, 0.3) is 5.91 Å². The van der Waals surface area contributed by atoms with Gasteiger partial charge in [-0.1, -0.05) is 36.4 Å². The number of benzene rings is 2. The zero-order valence-corrected chi connectivity index (χ0v) is 18.2. The molecule has 1 aliphatic heterocycles. The summed E-state index contributed by atoms with van der Waals surface area (Å²) in [5, 5.41) is 5.22. The standard InChI is InChI=1S/C24H25N3O3S/c1-17-13-21(18-7-3-2-4-8-18)15-23(26-17)20-10-6-12-27(16-20)24(28)19-9-5-11-22(14-19)31(25,29)30/h2-5,7-9,11,13-15,20H,6,10,12,16H2,1H3,(H2,25,29,30). The first-order valence-electron chi connectivity index (χ1n) is 10.3. The monoisotopic (exact) mass is 435 g/mol. The molecule has 3 aromatic rings. The number of aromatic nitrogens is 1. The second-order valence-corrected chi connectivity index (χ2v) is 9.51. The van der Waals surface area contributed by atoms with Gasteiger partial charge in [-0.2, -0.15) is 0 Å². The van der Waals surface area contributed by atoms with E-state index >= 15 is 0 Å². The number of primary sulfonamides is 1. The van der Waals surface area contributed by atoms with Gasteiger partial charge in [-0.25, -0.2) is 13.6 Å². The van der Waals surface area contributed by atoms with E-state index in [9.17, 15) is 13.2 Å². The summed E-state index contributed by atoms with van der Waals surface area (Å²) in [7, 11) is -3.86. The molecule has 1 aromatic heterocycles. The minimum atomic E-state index is -3.86. The average Bonchev–Trinajstić information content (AvgIpc) is 2.78. The topological polar surface area (TPSA) is 93.4 Å². The highest BCUT2D eigenvalue weighted by Gasteiger charge is 2.27. The molecule has 2 heterocycles. The lowest BCUT2D eigenvalue weighted by Gasteiger charge is -2.33. The summed E-state index contributed by atoms with van der Waals surface area (Å²) in [5.74, 6) is -0.0624. The molecule has 1 amide bonds. The lowest BCUT2D eigenvalue weighted by molar-refractivity contribution is 0.0705. The van der Waals surface area contributed by atoms with Crippen LogP contribution in [0.25, 0.3) is 11.1 Å². The molecule has 1 atom stereocenters. The van der Waals surface area contributed by atoms with E-state index in [2.05, 4.69) is 24.3 Å². The van der Waals surface area contributed by atoms with Crippen molar-refractivity contribution in [3.8, 4) is 11.1 Å². The number of carbonyl (C=O) groups is 1. The Morgan fingerprint density at radius 3 is 2.55 bits per heavy atom. The molecule has 0 aliphatic carbocycles. The number of piperidine rings is 1. The van der Waals surface area contributed by atoms with Crippen LogP contribution in [0.2, 0.25) is 0 Å². The predicted octanol–water partition coefficient (Wildman–Crippen LogP) is 3.72. The number of sulfonamides is 1. The number of pyridine rings is 1. The quantitative estimate of drug-likeness (QED) is 0.676. The predicted molar refractivity (Wildman–Crippen MR) is 120 cm³/mol. The van der Waals surface area contributed by atoms with E-state index in [1.54, 1.807) is 17.0 Å². The first-order valence-corrected chi connectivity index (χ1v) is 11.8. The van der Waals surface area contributed by atoms with Crippen LogP contribution in [0.3, 0.4) is 0 Å². The van der Waals surface area contributed by atoms with E-state index in [0.29, 0.717) is 18.7 Å². The second-order valence-electron chi connectivity index (χ2n) is 7.95. The number of nitrogens with two attached hydrogens (primary N) is 1. The Labute approximate surface area is 182 Å². The molecule has 1 unspecified atom stereocenters. The summed E-state index contributed by atoms with van der Waals surface area (Å²) in [4.78, 5) is 19.6. The largest absolute Gasteiger partial charge is 0.338 e. The van der Waals surface area contributed by atoms with Gasteiger partial charge in [0, 0.05) is 36.0 Å². The van der Waals surface area contributed by atoms with Gasteiger partial charge in [0.2, 0.25) is 10.0 Å². The fourth-order valence-electron chi connectivity index (χ4n) is 4.09. The lowest BCUT2D eigenvalue weighted by atomic mass is 9.92. The number of hydrogen-bond acceptors (Lipinski definition) is 4. The molecule has 0 radical (unpaired) electrons. The molecule has 4 rings (SSSR count). The molecule has 7 heteroatoms. The number of aryl methyl sites for hydroxylation is 1. The summed E-state index contributed by atoms with van der Waals surface area (Å²) >= 11 is 0. The van der Waals surface area contributed by atoms with Gasteiger partial charge in [-0.05, 0) is 61.2 Å². The maximum absolute atomic E-state index is 13.1. The minimum absolute atomic E-state index is 0.0558. The van der Waals surface area contributed by atoms with Gasteiger partial charge < -0.3 is 4.90 Å². The van der Waals surface area contributed by atoms with E-state index in [1.807, 2.05) is 25.1 Å². The third-order valence-electron chi connectivity index (χ3n) is 5.62. The van der Waals surface area contributed by atoms with Crippen molar-refractivity contribution in [3.05, 3.63) is 83.7 Å². The van der Waals surface area contributed by atoms with Gasteiger partial charge in [-0.15, -0.1) is 0 Å². The molecule has 1 fully saturated rings. The summed E-state index contributed by atoms with van der Waals surface area (Å²) in [6, 6.07) is 20.3. The van der Waals surface area contributed by atoms with E-state index in [-0.39, 0.29) is 16.7 Å². The van der Waals surface area contributed by atoms with Crippen LogP contribution in [0, 0.1) is 6.92 Å². The summed E-state index contributed by atoms with van der Waals surface area (Å²) in [5.41, 5.74) is 4.51. The molecule has 31 heavy (non-hydrogen) atoms. The summed E-state index contributed by atoms with van der Waals surface area (Å²) < 4.78 is 23.3. The van der Waals surface area contributed by atoms with Gasteiger partial charge >= 0.3 is 0 Å². The van der Waals surface area contributed by atoms with Crippen molar-refractivity contribution in [3.63, 3.8) is 0 Å². The van der Waals surface area contributed by atoms with Crippen LogP contribution in [0.4, 0.5) is 0 Å². The molecule has 0 saturated carbocycles. The van der Waals surface area contributed by atoms with Gasteiger partial charge in [0.1, 0.15) is 0 Å². The number of hydrogen-bond donors (Lipinski definition) is 1. The fraction of sp³-hybridized carbons (Fsp3) is 0.250. The fourth-order valence-corrected chi connectivity index (χ4v) is 4.65. The number of carbonyl (C=O) groups excluding carboxylic acids is 1. The van der Waals surface area contributed by atoms with Gasteiger partial charge in [0.05, 0.1) is 4.90 Å². The Morgan fingerprint density at radius 2 is 1.81 bits per heavy atom. The zero-order chi connectivity index (χ0) is 22.0. The number of rotatable bonds is 4. The van der Waals surface area contributed by atoms with Crippen LogP contribution >= 0.6 is 0 Å². The van der Waals surface area contributed by atoms with Crippen LogP contribution in [-0.2, 0) is 10.0 Å². The molecular formula is C24H25N3O3S. The Morgan fingerprint density at radius 1 is 1.03 bits per heavy atom. The third-order valence-corrected chi connectivity index (χ3v) is 6.53. The minimum Gasteiger partial charge on any atom is -0.338 e. The Hall–Kier alpha value is -3.03. The normalized spacial score (nSPS) is 16.8. The number of nitrogens with zero attached hydrogens (tertiary/aromatic N) is 2. The Bertz CT molecular complexity index is 1210. The highest BCUT2D eigenvalue weighted by atomic mass is 32.2. The smallest absolute Gasteiger partial charge is 0.253 e. The molecule has 1 saturated heterocycles. The second kappa shape index (κ2) is 8.61. The lowest BCUT2D eigenvalue weighted by Crippen LogP contribution is -2.39. The van der Waals surface area contributed by atoms with Crippen LogP contribution in [0.15, 0.2) is 71.6 Å². The van der Waals surface area contributed by atoms with Crippen LogP contribution in [-0.4, -0.2) is 37.3 Å². The van der Waals surface area contributed by atoms with E-state index in [1.165, 1.54) is 12.1 Å². The maximum Gasteiger partial charge on any atom is 0.253 e. The van der Waals surface area contributed by atoms with Crippen molar-refractivity contribution in [1.82, 2.24) is 9.88 Å². The highest BCUT2D eigenvalue weighted by Crippen LogP contribution is 2.30. The van der Waals surface area contributed by atoms with Crippen molar-refractivity contribution < 1.29 is 13.2 Å². The van der Waals surface area contributed by atoms with Crippen molar-refractivity contribution in [1.29, 1.82) is 0 Å². The van der Waals surface area contributed by atoms with E-state index < -0.39 is 10.0 Å². The first-order chi connectivity index (χ1) is 14.8. The van der Waals surface area contributed by atoms with Crippen LogP contribution < -0.4 is 5.14 Å². The zero-order valence-electron chi connectivity index (χ0n) is 17.4. The van der Waals surface area contributed by atoms with E-state index in [0.717, 1.165) is 35.4 Å². The number of amides is 1. The molecule has 2 N–H and O–H groups in total. The summed E-state index contributed by atoms with van der Waals surface area (Å²) in [6.45, 7) is 3.16. The third kappa shape index (κ3) is 4.84. The molecule has 0 spiro atoms. The average molecular weight is 436 g/mol. The van der Waals surface area contributed by atoms with Crippen molar-refractivity contribution in [2.45, 2.75) is 30.6 Å². The molecule has 6 nitrogen and oxygen atoms in total. The molecule has 2 aromatic carbocycles. The van der Waals surface area contributed by atoms with Crippen molar-refractivity contribution in [2.75, 3.05) is 13.1 Å². The molecular weight excluding hydrogens is 410 g/mol. The van der Waals surface area contributed by atoms with Crippen LogP contribution in [0.1, 0.15) is 40.5 Å². The Kier molecular flexibility index (Phi) is 5.89. The first kappa shape index (κ1) is 21.2. The highest BCUT2D eigenvalue weighted by molar-refractivity contribution is 7.89. The van der Waals surface area contributed by atoms with Gasteiger partial charge in [-0.3, -0.25) is 9.78 Å².